The molecule has 0 aliphatic heterocycles. The minimum atomic E-state index is -0.335. The molecule has 1 atom stereocenters. The first kappa shape index (κ1) is 11.8. The largest absolute Gasteiger partial charge is 0.399 e. The van der Waals surface area contributed by atoms with Gasteiger partial charge in [-0.1, -0.05) is 0 Å². The Balaban J connectivity index is 2.50. The van der Waals surface area contributed by atoms with Gasteiger partial charge in [-0.2, -0.15) is 0 Å². The van der Waals surface area contributed by atoms with E-state index in [1.807, 2.05) is 13.8 Å². The minimum absolute atomic E-state index is 0.0620. The van der Waals surface area contributed by atoms with E-state index in [4.69, 9.17) is 10.5 Å². The predicted molar refractivity (Wildman–Crippen MR) is 60.4 cm³/mol. The van der Waals surface area contributed by atoms with Gasteiger partial charge in [0.25, 0.3) is 0 Å². The van der Waals surface area contributed by atoms with E-state index in [0.717, 1.165) is 0 Å². The number of ether oxygens (including phenoxy) is 1. The maximum Gasteiger partial charge on any atom is 0.148 e. The second-order valence-corrected chi connectivity index (χ2v) is 3.39. The van der Waals surface area contributed by atoms with E-state index in [-0.39, 0.29) is 11.9 Å². The first-order chi connectivity index (χ1) is 7.13. The summed E-state index contributed by atoms with van der Waals surface area (Å²) in [6.45, 7) is 5.10. The molecule has 0 fully saturated rings. The topological polar surface area (TPSA) is 47.3 Å². The Morgan fingerprint density at radius 3 is 2.87 bits per heavy atom. The van der Waals surface area contributed by atoms with Crippen molar-refractivity contribution in [3.05, 3.63) is 24.0 Å². The molecular formula is C11H17FN2O. The zero-order chi connectivity index (χ0) is 11.3. The second-order valence-electron chi connectivity index (χ2n) is 3.39. The molecule has 1 aromatic rings. The van der Waals surface area contributed by atoms with Crippen molar-refractivity contribution in [2.45, 2.75) is 20.0 Å². The van der Waals surface area contributed by atoms with Crippen LogP contribution in [0.5, 0.6) is 0 Å². The van der Waals surface area contributed by atoms with Crippen LogP contribution in [0.2, 0.25) is 0 Å². The highest BCUT2D eigenvalue weighted by molar-refractivity contribution is 5.52. The fraction of sp³-hybridized carbons (Fsp3) is 0.455. The fourth-order valence-corrected chi connectivity index (χ4v) is 1.27. The van der Waals surface area contributed by atoms with Crippen LogP contribution in [0.4, 0.5) is 15.8 Å². The Kier molecular flexibility index (Phi) is 4.37. The summed E-state index contributed by atoms with van der Waals surface area (Å²) in [6.07, 6.45) is 0.0620. The van der Waals surface area contributed by atoms with Gasteiger partial charge in [-0.05, 0) is 32.0 Å². The highest BCUT2D eigenvalue weighted by atomic mass is 19.1. The molecule has 0 radical (unpaired) electrons. The number of nitrogens with two attached hydrogens (primary N) is 1. The van der Waals surface area contributed by atoms with Crippen molar-refractivity contribution in [2.24, 2.45) is 0 Å². The smallest absolute Gasteiger partial charge is 0.148 e. The zero-order valence-corrected chi connectivity index (χ0v) is 9.09. The Labute approximate surface area is 89.4 Å². The molecule has 0 bridgehead atoms. The lowest BCUT2D eigenvalue weighted by molar-refractivity contribution is 0.0855. The number of benzene rings is 1. The zero-order valence-electron chi connectivity index (χ0n) is 9.09. The third-order valence-electron chi connectivity index (χ3n) is 2.02. The first-order valence-corrected chi connectivity index (χ1v) is 5.04. The molecule has 0 aliphatic carbocycles. The van der Waals surface area contributed by atoms with Crippen molar-refractivity contribution < 1.29 is 9.13 Å². The van der Waals surface area contributed by atoms with E-state index < -0.39 is 0 Å². The summed E-state index contributed by atoms with van der Waals surface area (Å²) >= 11 is 0. The van der Waals surface area contributed by atoms with Crippen molar-refractivity contribution in [1.29, 1.82) is 0 Å². The van der Waals surface area contributed by atoms with Crippen LogP contribution in [0.25, 0.3) is 0 Å². The maximum absolute atomic E-state index is 13.3. The van der Waals surface area contributed by atoms with Crippen molar-refractivity contribution in [1.82, 2.24) is 0 Å². The van der Waals surface area contributed by atoms with Crippen molar-refractivity contribution in [3.8, 4) is 0 Å². The molecule has 3 nitrogen and oxygen atoms in total. The van der Waals surface area contributed by atoms with Crippen LogP contribution in [-0.4, -0.2) is 19.3 Å². The summed E-state index contributed by atoms with van der Waals surface area (Å²) in [5.74, 6) is -0.335. The van der Waals surface area contributed by atoms with Crippen molar-refractivity contribution in [2.75, 3.05) is 24.2 Å². The van der Waals surface area contributed by atoms with Crippen LogP contribution < -0.4 is 11.1 Å². The van der Waals surface area contributed by atoms with E-state index in [2.05, 4.69) is 5.32 Å². The number of rotatable bonds is 5. The number of hydrogen-bond donors (Lipinski definition) is 2. The van der Waals surface area contributed by atoms with E-state index in [9.17, 15) is 4.39 Å². The van der Waals surface area contributed by atoms with Gasteiger partial charge < -0.3 is 15.8 Å². The van der Waals surface area contributed by atoms with Gasteiger partial charge in [0.15, 0.2) is 0 Å². The van der Waals surface area contributed by atoms with Gasteiger partial charge in [-0.15, -0.1) is 0 Å². The Hall–Kier alpha value is -1.29. The summed E-state index contributed by atoms with van der Waals surface area (Å²) in [6, 6.07) is 4.59. The van der Waals surface area contributed by atoms with Crippen LogP contribution in [0.15, 0.2) is 18.2 Å². The minimum Gasteiger partial charge on any atom is -0.399 e. The molecule has 84 valence electrons. The molecule has 0 spiro atoms. The molecule has 1 unspecified atom stereocenters. The average molecular weight is 212 g/mol. The van der Waals surface area contributed by atoms with Crippen LogP contribution in [0.3, 0.4) is 0 Å². The van der Waals surface area contributed by atoms with E-state index in [1.165, 1.54) is 6.07 Å². The summed E-state index contributed by atoms with van der Waals surface area (Å²) in [7, 11) is 0. The van der Waals surface area contributed by atoms with Crippen LogP contribution in [0, 0.1) is 5.82 Å². The summed E-state index contributed by atoms with van der Waals surface area (Å²) < 4.78 is 18.6. The molecule has 0 amide bonds. The number of nitrogens with one attached hydrogen (secondary N) is 1. The monoisotopic (exact) mass is 212 g/mol. The third-order valence-corrected chi connectivity index (χ3v) is 2.02. The molecule has 1 rings (SSSR count). The van der Waals surface area contributed by atoms with Crippen LogP contribution in [0.1, 0.15) is 13.8 Å². The molecule has 0 aliphatic rings. The van der Waals surface area contributed by atoms with Crippen molar-refractivity contribution in [3.63, 3.8) is 0 Å². The standard InChI is InChI=1S/C11H17FN2O/c1-3-15-8(2)7-14-11-5-4-9(13)6-10(11)12/h4-6,8,14H,3,7,13H2,1-2H3. The quantitative estimate of drug-likeness (QED) is 0.736. The van der Waals surface area contributed by atoms with Gasteiger partial charge in [-0.3, -0.25) is 0 Å². The Morgan fingerprint density at radius 1 is 1.53 bits per heavy atom. The highest BCUT2D eigenvalue weighted by Crippen LogP contribution is 2.16. The lowest BCUT2D eigenvalue weighted by atomic mass is 10.2. The van der Waals surface area contributed by atoms with Crippen LogP contribution >= 0.6 is 0 Å². The molecule has 15 heavy (non-hydrogen) atoms. The molecule has 0 saturated carbocycles. The summed E-state index contributed by atoms with van der Waals surface area (Å²) in [5, 5.41) is 2.97. The first-order valence-electron chi connectivity index (χ1n) is 5.04. The van der Waals surface area contributed by atoms with Gasteiger partial charge in [0.2, 0.25) is 0 Å². The second kappa shape index (κ2) is 5.56. The molecule has 0 saturated heterocycles. The third kappa shape index (κ3) is 3.75. The van der Waals surface area contributed by atoms with Gasteiger partial charge in [0.05, 0.1) is 11.8 Å². The van der Waals surface area contributed by atoms with Gasteiger partial charge >= 0.3 is 0 Å². The summed E-state index contributed by atoms with van der Waals surface area (Å²) in [5.41, 5.74) is 6.32. The van der Waals surface area contributed by atoms with Gasteiger partial charge in [0, 0.05) is 18.8 Å². The fourth-order valence-electron chi connectivity index (χ4n) is 1.27. The molecule has 4 heteroatoms. The lowest BCUT2D eigenvalue weighted by Gasteiger charge is -2.14. The Bertz CT molecular complexity index is 317. The lowest BCUT2D eigenvalue weighted by Crippen LogP contribution is -2.20. The number of hydrogen-bond acceptors (Lipinski definition) is 3. The predicted octanol–water partition coefficient (Wildman–Crippen LogP) is 2.24. The van der Waals surface area contributed by atoms with Gasteiger partial charge in [-0.25, -0.2) is 4.39 Å². The molecule has 3 N–H and O–H groups in total. The molecular weight excluding hydrogens is 195 g/mol. The average Bonchev–Trinajstić information content (AvgIpc) is 2.17. The van der Waals surface area contributed by atoms with Crippen LogP contribution in [-0.2, 0) is 4.74 Å². The molecule has 1 aromatic carbocycles. The van der Waals surface area contributed by atoms with E-state index >= 15 is 0 Å². The summed E-state index contributed by atoms with van der Waals surface area (Å²) in [4.78, 5) is 0. The molecule has 0 heterocycles. The van der Waals surface area contributed by atoms with Crippen molar-refractivity contribution >= 4 is 11.4 Å². The Morgan fingerprint density at radius 2 is 2.27 bits per heavy atom. The maximum atomic E-state index is 13.3. The number of nitrogen functional groups attached to an aromatic ring is 1. The number of anilines is 2. The van der Waals surface area contributed by atoms with E-state index in [0.29, 0.717) is 24.5 Å². The SMILES string of the molecule is CCOC(C)CNc1ccc(N)cc1F. The number of halogens is 1. The highest BCUT2D eigenvalue weighted by Gasteiger charge is 2.04. The molecule has 0 aromatic heterocycles. The normalized spacial score (nSPS) is 12.5. The van der Waals surface area contributed by atoms with E-state index in [1.54, 1.807) is 12.1 Å². The van der Waals surface area contributed by atoms with Gasteiger partial charge in [0.1, 0.15) is 5.82 Å².